The maximum absolute atomic E-state index is 11.8. The molecule has 0 aliphatic rings. The number of nitrogens with zero attached hydrogens (tertiary/aromatic N) is 1. The maximum atomic E-state index is 11.8. The third-order valence-corrected chi connectivity index (χ3v) is 4.51. The van der Waals surface area contributed by atoms with Gasteiger partial charge in [-0.1, -0.05) is 13.8 Å². The highest BCUT2D eigenvalue weighted by atomic mass is 32.2. The van der Waals surface area contributed by atoms with E-state index in [1.807, 2.05) is 0 Å². The fourth-order valence-electron chi connectivity index (χ4n) is 1.84. The molecule has 0 amide bonds. The molecule has 0 radical (unpaired) electrons. The summed E-state index contributed by atoms with van der Waals surface area (Å²) in [5.74, 6) is 1.26. The van der Waals surface area contributed by atoms with E-state index < -0.39 is 10.0 Å². The average Bonchev–Trinajstić information content (AvgIpc) is 2.74. The van der Waals surface area contributed by atoms with Gasteiger partial charge >= 0.3 is 0 Å². The minimum absolute atomic E-state index is 0.00851. The van der Waals surface area contributed by atoms with Crippen molar-refractivity contribution in [2.45, 2.75) is 44.9 Å². The van der Waals surface area contributed by atoms with Crippen molar-refractivity contribution in [3.63, 3.8) is 0 Å². The van der Waals surface area contributed by atoms with Gasteiger partial charge in [-0.15, -0.1) is 0 Å². The van der Waals surface area contributed by atoms with Crippen molar-refractivity contribution in [1.29, 1.82) is 0 Å². The van der Waals surface area contributed by atoms with Gasteiger partial charge in [0.1, 0.15) is 5.76 Å². The predicted molar refractivity (Wildman–Crippen MR) is 75.3 cm³/mol. The highest BCUT2D eigenvalue weighted by Gasteiger charge is 2.21. The molecule has 6 heteroatoms. The van der Waals surface area contributed by atoms with Crippen molar-refractivity contribution in [3.8, 4) is 0 Å². The smallest absolute Gasteiger partial charge is 0.275 e. The lowest BCUT2D eigenvalue weighted by atomic mass is 10.1. The van der Waals surface area contributed by atoms with Crippen LogP contribution in [0.3, 0.4) is 0 Å². The Bertz CT molecular complexity index is 492. The molecule has 0 fully saturated rings. The van der Waals surface area contributed by atoms with E-state index in [9.17, 15) is 8.42 Å². The molecule has 0 aliphatic heterocycles. The van der Waals surface area contributed by atoms with Crippen molar-refractivity contribution in [2.75, 3.05) is 14.1 Å². The Kier molecular flexibility index (Phi) is 5.58. The molecule has 0 aromatic carbocycles. The minimum Gasteiger partial charge on any atom is -0.447 e. The molecular weight excluding hydrogens is 264 g/mol. The van der Waals surface area contributed by atoms with E-state index in [0.29, 0.717) is 24.3 Å². The van der Waals surface area contributed by atoms with Crippen LogP contribution < -0.4 is 5.32 Å². The van der Waals surface area contributed by atoms with E-state index in [1.54, 1.807) is 6.07 Å². The Morgan fingerprint density at radius 3 is 2.42 bits per heavy atom. The maximum Gasteiger partial charge on any atom is 0.275 e. The van der Waals surface area contributed by atoms with E-state index in [4.69, 9.17) is 4.42 Å². The fraction of sp³-hybridized carbons (Fsp3) is 0.692. The van der Waals surface area contributed by atoms with Gasteiger partial charge in [-0.05, 0) is 31.4 Å². The average molecular weight is 288 g/mol. The number of hydrogen-bond donors (Lipinski definition) is 1. The molecule has 1 N–H and O–H groups in total. The van der Waals surface area contributed by atoms with E-state index in [0.717, 1.165) is 10.7 Å². The number of hydrogen-bond acceptors (Lipinski definition) is 4. The monoisotopic (exact) mass is 288 g/mol. The first-order chi connectivity index (χ1) is 8.73. The molecule has 1 unspecified atom stereocenters. The number of rotatable bonds is 7. The molecule has 0 bridgehead atoms. The van der Waals surface area contributed by atoms with Gasteiger partial charge < -0.3 is 9.73 Å². The lowest BCUT2D eigenvalue weighted by molar-refractivity contribution is 0.369. The summed E-state index contributed by atoms with van der Waals surface area (Å²) in [5, 5.41) is 3.31. The molecule has 1 atom stereocenters. The summed E-state index contributed by atoms with van der Waals surface area (Å²) in [6.45, 7) is 7.00. The highest BCUT2D eigenvalue weighted by Crippen LogP contribution is 2.17. The van der Waals surface area contributed by atoms with Crippen LogP contribution in [-0.2, 0) is 16.6 Å². The number of furan rings is 1. The summed E-state index contributed by atoms with van der Waals surface area (Å²) < 4.78 is 30.2. The molecule has 19 heavy (non-hydrogen) atoms. The Hall–Kier alpha value is -0.850. The zero-order chi connectivity index (χ0) is 14.6. The van der Waals surface area contributed by atoms with Crippen molar-refractivity contribution in [1.82, 2.24) is 9.62 Å². The van der Waals surface area contributed by atoms with Crippen molar-refractivity contribution in [3.05, 3.63) is 17.9 Å². The molecule has 1 heterocycles. The summed E-state index contributed by atoms with van der Waals surface area (Å²) in [6, 6.07) is 3.57. The van der Waals surface area contributed by atoms with Crippen molar-refractivity contribution in [2.24, 2.45) is 5.92 Å². The van der Waals surface area contributed by atoms with Crippen LogP contribution in [0.5, 0.6) is 0 Å². The molecule has 0 saturated heterocycles. The lowest BCUT2D eigenvalue weighted by Gasteiger charge is -2.14. The van der Waals surface area contributed by atoms with Gasteiger partial charge in [-0.25, -0.2) is 12.7 Å². The van der Waals surface area contributed by atoms with Crippen LogP contribution in [0.25, 0.3) is 0 Å². The molecule has 0 aliphatic carbocycles. The largest absolute Gasteiger partial charge is 0.447 e. The van der Waals surface area contributed by atoms with E-state index >= 15 is 0 Å². The molecular formula is C13H24N2O3S. The topological polar surface area (TPSA) is 62.6 Å². The van der Waals surface area contributed by atoms with Crippen LogP contribution in [0.2, 0.25) is 0 Å². The molecule has 110 valence electrons. The van der Waals surface area contributed by atoms with E-state index in [1.165, 1.54) is 20.2 Å². The summed E-state index contributed by atoms with van der Waals surface area (Å²) in [6.07, 6.45) is 1.07. The molecule has 1 aromatic rings. The van der Waals surface area contributed by atoms with Crippen LogP contribution in [0.1, 0.15) is 33.0 Å². The Balaban J connectivity index is 2.62. The quantitative estimate of drug-likeness (QED) is 0.834. The lowest BCUT2D eigenvalue weighted by Crippen LogP contribution is -2.26. The summed E-state index contributed by atoms with van der Waals surface area (Å²) in [7, 11) is -0.502. The summed E-state index contributed by atoms with van der Waals surface area (Å²) in [4.78, 5) is 0. The normalized spacial score (nSPS) is 14.3. The second-order valence-corrected chi connectivity index (χ2v) is 7.50. The second-order valence-electron chi connectivity index (χ2n) is 5.42. The van der Waals surface area contributed by atoms with Crippen molar-refractivity contribution < 1.29 is 12.8 Å². The SMILES string of the molecule is CC(C)CC(C)NCc1ccc(S(=O)(=O)N(C)C)o1. The van der Waals surface area contributed by atoms with Gasteiger partial charge in [0.15, 0.2) is 0 Å². The molecule has 5 nitrogen and oxygen atoms in total. The third kappa shape index (κ3) is 4.63. The zero-order valence-corrected chi connectivity index (χ0v) is 13.1. The Morgan fingerprint density at radius 1 is 1.26 bits per heavy atom. The standard InChI is InChI=1S/C13H24N2O3S/c1-10(2)8-11(3)14-9-12-6-7-13(18-12)19(16,17)15(4)5/h6-7,10-11,14H,8-9H2,1-5H3. The van der Waals surface area contributed by atoms with Gasteiger partial charge in [-0.3, -0.25) is 0 Å². The first-order valence-electron chi connectivity index (χ1n) is 6.48. The molecule has 1 aromatic heterocycles. The van der Waals surface area contributed by atoms with Crippen LogP contribution >= 0.6 is 0 Å². The number of sulfonamides is 1. The Morgan fingerprint density at radius 2 is 1.89 bits per heavy atom. The molecule has 1 rings (SSSR count). The van der Waals surface area contributed by atoms with Gasteiger partial charge in [0.25, 0.3) is 10.0 Å². The van der Waals surface area contributed by atoms with Gasteiger partial charge in [0, 0.05) is 20.1 Å². The van der Waals surface area contributed by atoms with Gasteiger partial charge in [0.2, 0.25) is 5.09 Å². The van der Waals surface area contributed by atoms with Crippen LogP contribution in [0, 0.1) is 5.92 Å². The van der Waals surface area contributed by atoms with Gasteiger partial charge in [-0.2, -0.15) is 0 Å². The van der Waals surface area contributed by atoms with Crippen molar-refractivity contribution >= 4 is 10.0 Å². The van der Waals surface area contributed by atoms with Crippen LogP contribution in [0.4, 0.5) is 0 Å². The Labute approximate surface area is 116 Å². The number of nitrogens with one attached hydrogen (secondary N) is 1. The first kappa shape index (κ1) is 16.2. The zero-order valence-electron chi connectivity index (χ0n) is 12.3. The second kappa shape index (κ2) is 6.54. The first-order valence-corrected chi connectivity index (χ1v) is 7.92. The summed E-state index contributed by atoms with van der Waals surface area (Å²) in [5.41, 5.74) is 0. The molecule has 0 saturated carbocycles. The van der Waals surface area contributed by atoms with E-state index in [-0.39, 0.29) is 5.09 Å². The summed E-state index contributed by atoms with van der Waals surface area (Å²) >= 11 is 0. The predicted octanol–water partition coefficient (Wildman–Crippen LogP) is 2.05. The van der Waals surface area contributed by atoms with Gasteiger partial charge in [0.05, 0.1) is 6.54 Å². The van der Waals surface area contributed by atoms with Crippen LogP contribution in [0.15, 0.2) is 21.6 Å². The fourth-order valence-corrected chi connectivity index (χ4v) is 2.65. The van der Waals surface area contributed by atoms with Crippen LogP contribution in [-0.4, -0.2) is 32.9 Å². The molecule has 0 spiro atoms. The van der Waals surface area contributed by atoms with E-state index in [2.05, 4.69) is 26.1 Å². The third-order valence-electron chi connectivity index (χ3n) is 2.82. The highest BCUT2D eigenvalue weighted by molar-refractivity contribution is 7.88. The minimum atomic E-state index is -3.47.